The van der Waals surface area contributed by atoms with E-state index in [2.05, 4.69) is 10.1 Å². The zero-order valence-electron chi connectivity index (χ0n) is 12.6. The molecule has 0 fully saturated rings. The van der Waals surface area contributed by atoms with E-state index in [1.54, 1.807) is 36.8 Å². The zero-order chi connectivity index (χ0) is 17.1. The van der Waals surface area contributed by atoms with Gasteiger partial charge >= 0.3 is 5.97 Å². The number of esters is 1. The van der Waals surface area contributed by atoms with E-state index >= 15 is 0 Å². The van der Waals surface area contributed by atoms with Crippen LogP contribution in [0.1, 0.15) is 6.42 Å². The summed E-state index contributed by atoms with van der Waals surface area (Å²) < 4.78 is 13.8. The lowest BCUT2D eigenvalue weighted by Gasteiger charge is -2.17. The normalized spacial score (nSPS) is 10.2. The lowest BCUT2D eigenvalue weighted by atomic mass is 10.2. The molecule has 0 heterocycles. The predicted molar refractivity (Wildman–Crippen MR) is 85.6 cm³/mol. The molecule has 9 nitrogen and oxygen atoms in total. The maximum Gasteiger partial charge on any atom is 0.315 e. The fourth-order valence-electron chi connectivity index (χ4n) is 1.29. The molecule has 0 saturated heterocycles. The summed E-state index contributed by atoms with van der Waals surface area (Å²) in [4.78, 5) is 32.3. The molecule has 0 aromatic heterocycles. The highest BCUT2D eigenvalue weighted by Crippen LogP contribution is 2.21. The molecule has 0 spiro atoms. The second-order valence-corrected chi connectivity index (χ2v) is 4.66. The maximum absolute atomic E-state index is 11.6. The first-order valence-electron chi connectivity index (χ1n) is 6.12. The van der Waals surface area contributed by atoms with E-state index in [1.165, 1.54) is 7.11 Å². The molecule has 0 bridgehead atoms. The molecule has 0 unspecified atom stereocenters. The average molecular weight is 364 g/mol. The second kappa shape index (κ2) is 11.1. The van der Waals surface area contributed by atoms with E-state index in [4.69, 9.17) is 18.6 Å². The van der Waals surface area contributed by atoms with E-state index < -0.39 is 11.9 Å². The highest BCUT2D eigenvalue weighted by Gasteiger charge is 2.13. The average Bonchev–Trinajstić information content (AvgIpc) is 2.55. The SMILES string of the molecule is COC(=O)CC(=O)Nc1ccc(N(OOSC)OOSC)cc1. The summed E-state index contributed by atoms with van der Waals surface area (Å²) in [6.45, 7) is 0. The van der Waals surface area contributed by atoms with Crippen LogP contribution >= 0.6 is 24.1 Å². The number of anilines is 2. The van der Waals surface area contributed by atoms with Crippen LogP contribution in [0, 0.1) is 0 Å². The Bertz CT molecular complexity index is 493. The number of carbonyl (C=O) groups is 2. The summed E-state index contributed by atoms with van der Waals surface area (Å²) in [6.07, 6.45) is 2.96. The van der Waals surface area contributed by atoms with Crippen LogP contribution in [0.25, 0.3) is 0 Å². The van der Waals surface area contributed by atoms with Crippen molar-refractivity contribution in [3.05, 3.63) is 24.3 Å². The van der Waals surface area contributed by atoms with Gasteiger partial charge in [-0.15, -0.1) is 8.67 Å². The summed E-state index contributed by atoms with van der Waals surface area (Å²) in [7, 11) is 1.21. The van der Waals surface area contributed by atoms with Crippen molar-refractivity contribution in [1.29, 1.82) is 0 Å². The smallest absolute Gasteiger partial charge is 0.315 e. The quantitative estimate of drug-likeness (QED) is 0.219. The predicted octanol–water partition coefficient (Wildman–Crippen LogP) is 2.28. The highest BCUT2D eigenvalue weighted by atomic mass is 32.2. The van der Waals surface area contributed by atoms with Crippen molar-refractivity contribution in [2.24, 2.45) is 0 Å². The monoisotopic (exact) mass is 364 g/mol. The van der Waals surface area contributed by atoms with Gasteiger partial charge in [-0.1, -0.05) is 15.2 Å². The fraction of sp³-hybridized carbons (Fsp3) is 0.333. The summed E-state index contributed by atoms with van der Waals surface area (Å²) in [5.74, 6) is -1.10. The minimum atomic E-state index is -0.615. The Morgan fingerprint density at radius 2 is 1.65 bits per heavy atom. The molecule has 0 atom stereocenters. The number of nitrogens with one attached hydrogen (secondary N) is 1. The topological polar surface area (TPSA) is 95.6 Å². The van der Waals surface area contributed by atoms with E-state index in [9.17, 15) is 9.59 Å². The third-order valence-electron chi connectivity index (χ3n) is 2.23. The van der Waals surface area contributed by atoms with Crippen LogP contribution in [0.4, 0.5) is 11.4 Å². The Balaban J connectivity index is 2.64. The number of hydrogen-bond donors (Lipinski definition) is 1. The van der Waals surface area contributed by atoms with Crippen LogP contribution in [-0.4, -0.2) is 31.5 Å². The molecule has 1 aromatic carbocycles. The first-order valence-corrected chi connectivity index (χ1v) is 8.42. The first-order chi connectivity index (χ1) is 11.1. The molecule has 0 radical (unpaired) electrons. The third kappa shape index (κ3) is 7.54. The summed E-state index contributed by atoms with van der Waals surface area (Å²) in [5, 5.41) is 3.44. The molecule has 1 N–H and O–H groups in total. The molecule has 1 rings (SSSR count). The number of hydrogen-bond acceptors (Lipinski definition) is 10. The van der Waals surface area contributed by atoms with Crippen LogP contribution in [0.2, 0.25) is 0 Å². The van der Waals surface area contributed by atoms with Gasteiger partial charge in [-0.25, -0.2) is 0 Å². The van der Waals surface area contributed by atoms with Crippen molar-refractivity contribution >= 4 is 47.3 Å². The van der Waals surface area contributed by atoms with Crippen LogP contribution in [0.3, 0.4) is 0 Å². The van der Waals surface area contributed by atoms with E-state index in [1.807, 2.05) is 0 Å². The lowest BCUT2D eigenvalue weighted by molar-refractivity contribution is -0.358. The van der Waals surface area contributed by atoms with Crippen molar-refractivity contribution in [3.63, 3.8) is 0 Å². The molecule has 0 saturated carbocycles. The van der Waals surface area contributed by atoms with Crippen molar-refractivity contribution < 1.29 is 33.0 Å². The van der Waals surface area contributed by atoms with E-state index in [0.29, 0.717) is 11.4 Å². The largest absolute Gasteiger partial charge is 0.469 e. The Labute approximate surface area is 141 Å². The van der Waals surface area contributed by atoms with E-state index in [0.717, 1.165) is 29.3 Å². The van der Waals surface area contributed by atoms with Gasteiger partial charge in [0.25, 0.3) is 0 Å². The van der Waals surface area contributed by atoms with Gasteiger partial charge in [0.2, 0.25) is 5.91 Å². The van der Waals surface area contributed by atoms with Crippen LogP contribution in [0.5, 0.6) is 0 Å². The van der Waals surface area contributed by atoms with Crippen molar-refractivity contribution in [3.8, 4) is 0 Å². The molecule has 11 heteroatoms. The molecule has 1 aromatic rings. The van der Waals surface area contributed by atoms with Gasteiger partial charge in [0.05, 0.1) is 7.11 Å². The zero-order valence-corrected chi connectivity index (χ0v) is 14.3. The van der Waals surface area contributed by atoms with Gasteiger partial charge in [-0.2, -0.15) is 0 Å². The lowest BCUT2D eigenvalue weighted by Crippen LogP contribution is -2.22. The maximum atomic E-state index is 11.6. The number of benzene rings is 1. The number of methoxy groups -OCH3 is 1. The Morgan fingerprint density at radius 1 is 1.09 bits per heavy atom. The standard InChI is InChI=1S/C12H16N2O7S2/c1-17-12(16)8-11(15)13-9-4-6-10(7-5-9)14(18-20-22-2)19-21-23-3/h4-7H,8H2,1-3H3,(H,13,15). The van der Waals surface area contributed by atoms with Crippen LogP contribution < -0.4 is 10.5 Å². The summed E-state index contributed by atoms with van der Waals surface area (Å²) in [6, 6.07) is 6.34. The molecule has 128 valence electrons. The number of carbonyl (C=O) groups excluding carboxylic acids is 2. The highest BCUT2D eigenvalue weighted by molar-refractivity contribution is 7.94. The Morgan fingerprint density at radius 3 is 2.13 bits per heavy atom. The first kappa shape index (κ1) is 19.5. The van der Waals surface area contributed by atoms with Gasteiger partial charge in [-0.05, 0) is 24.3 Å². The van der Waals surface area contributed by atoms with Crippen molar-refractivity contribution in [2.45, 2.75) is 6.42 Å². The Kier molecular flexibility index (Phi) is 9.43. The van der Waals surface area contributed by atoms with Crippen LogP contribution in [0.15, 0.2) is 24.3 Å². The van der Waals surface area contributed by atoms with Gasteiger partial charge in [0.15, 0.2) is 0 Å². The number of ether oxygens (including phenoxy) is 1. The fourth-order valence-corrected chi connectivity index (χ4v) is 1.52. The van der Waals surface area contributed by atoms with Gasteiger partial charge < -0.3 is 10.1 Å². The van der Waals surface area contributed by atoms with Gasteiger partial charge in [-0.3, -0.25) is 9.59 Å². The minimum absolute atomic E-state index is 0.361. The second-order valence-electron chi connectivity index (χ2n) is 3.72. The summed E-state index contributed by atoms with van der Waals surface area (Å²) >= 11 is 1.94. The molecular formula is C12H16N2O7S2. The van der Waals surface area contributed by atoms with Crippen LogP contribution in [-0.2, 0) is 33.0 Å². The molecule has 1 amide bonds. The number of rotatable bonds is 10. The molecule has 0 aliphatic carbocycles. The van der Waals surface area contributed by atoms with Gasteiger partial charge in [0.1, 0.15) is 12.1 Å². The van der Waals surface area contributed by atoms with E-state index in [-0.39, 0.29) is 6.42 Å². The molecule has 0 aliphatic heterocycles. The third-order valence-corrected chi connectivity index (χ3v) is 2.62. The Hall–Kier alpha value is -1.50. The number of amides is 1. The number of nitrogens with zero attached hydrogens (tertiary/aromatic N) is 1. The van der Waals surface area contributed by atoms with Crippen molar-refractivity contribution in [2.75, 3.05) is 30.2 Å². The van der Waals surface area contributed by atoms with Gasteiger partial charge in [0, 0.05) is 42.3 Å². The van der Waals surface area contributed by atoms with Crippen molar-refractivity contribution in [1.82, 2.24) is 0 Å². The molecular weight excluding hydrogens is 348 g/mol. The minimum Gasteiger partial charge on any atom is -0.469 e. The molecule has 23 heavy (non-hydrogen) atoms. The molecule has 0 aliphatic rings. The summed E-state index contributed by atoms with van der Waals surface area (Å²) in [5.41, 5.74) is 0.929.